The van der Waals surface area contributed by atoms with Crippen molar-refractivity contribution in [2.75, 3.05) is 5.32 Å². The maximum atomic E-state index is 14.2. The van der Waals surface area contributed by atoms with Gasteiger partial charge in [-0.1, -0.05) is 83.9 Å². The van der Waals surface area contributed by atoms with E-state index in [1.807, 2.05) is 84.6 Å². The number of hydrogen-bond acceptors (Lipinski definition) is 8. The molecule has 0 radical (unpaired) electrons. The molecule has 5 aromatic carbocycles. The number of carbonyl (C=O) groups excluding carboxylic acids is 2. The summed E-state index contributed by atoms with van der Waals surface area (Å²) in [7, 11) is 0. The van der Waals surface area contributed by atoms with Crippen molar-refractivity contribution in [3.63, 3.8) is 0 Å². The number of ether oxygens (including phenoxy) is 2. The molecule has 0 spiro atoms. The maximum Gasteiger partial charge on any atom is 0.326 e. The monoisotopic (exact) mass is 851 g/mol. The highest BCUT2D eigenvalue weighted by Crippen LogP contribution is 2.40. The van der Waals surface area contributed by atoms with E-state index < -0.39 is 30.1 Å². The Labute approximate surface area is 362 Å². The van der Waals surface area contributed by atoms with E-state index in [9.17, 15) is 19.5 Å². The topological polar surface area (TPSA) is 154 Å². The van der Waals surface area contributed by atoms with E-state index in [0.29, 0.717) is 51.4 Å². The lowest BCUT2D eigenvalue weighted by Crippen LogP contribution is -2.54. The Morgan fingerprint density at radius 3 is 2.34 bits per heavy atom. The molecule has 1 aromatic heterocycles. The van der Waals surface area contributed by atoms with Gasteiger partial charge < -0.3 is 25.2 Å². The van der Waals surface area contributed by atoms with Gasteiger partial charge in [0.25, 0.3) is 5.91 Å². The Hall–Kier alpha value is -6.71. The van der Waals surface area contributed by atoms with Crippen LogP contribution in [-0.2, 0) is 46.9 Å². The highest BCUT2D eigenvalue weighted by atomic mass is 35.5. The van der Waals surface area contributed by atoms with Crippen LogP contribution in [0.1, 0.15) is 50.9 Å². The van der Waals surface area contributed by atoms with Crippen LogP contribution < -0.4 is 20.1 Å². The van der Waals surface area contributed by atoms with E-state index in [1.54, 1.807) is 48.5 Å². The third kappa shape index (κ3) is 9.53. The number of carboxylic acid groups (broad SMARTS) is 1. The number of aliphatic carboxylic acids is 1. The first-order valence-electron chi connectivity index (χ1n) is 19.6. The lowest BCUT2D eigenvalue weighted by molar-refractivity contribution is -0.142. The molecule has 0 fully saturated rings. The number of nitrogens with one attached hydrogen (secondary N) is 2. The number of nitrogens with zero attached hydrogens (tertiary/aromatic N) is 3. The molecule has 0 saturated carbocycles. The average molecular weight is 853 g/mol. The molecule has 3 unspecified atom stereocenters. The van der Waals surface area contributed by atoms with E-state index in [2.05, 4.69) is 21.7 Å². The van der Waals surface area contributed by atoms with Crippen LogP contribution >= 0.6 is 23.2 Å². The first-order valence-corrected chi connectivity index (χ1v) is 20.3. The third-order valence-corrected chi connectivity index (χ3v) is 11.6. The number of amides is 2. The molecule has 3 heterocycles. The second-order valence-corrected chi connectivity index (χ2v) is 15.9. The fourth-order valence-electron chi connectivity index (χ4n) is 7.59. The van der Waals surface area contributed by atoms with Crippen molar-refractivity contribution in [1.82, 2.24) is 15.2 Å². The number of carbonyl (C=O) groups is 3. The fraction of sp³-hybridized carbons (Fsp3) is 0.188. The van der Waals surface area contributed by atoms with Crippen LogP contribution in [0.25, 0.3) is 11.1 Å². The van der Waals surface area contributed by atoms with Gasteiger partial charge >= 0.3 is 5.97 Å². The molecule has 0 saturated heterocycles. The molecular weight excluding hydrogens is 813 g/mol. The van der Waals surface area contributed by atoms with Gasteiger partial charge in [-0.25, -0.2) is 4.79 Å². The smallest absolute Gasteiger partial charge is 0.326 e. The number of nitriles is 1. The second-order valence-electron chi connectivity index (χ2n) is 15.1. The summed E-state index contributed by atoms with van der Waals surface area (Å²) in [5, 5.41) is 26.1. The number of carboxylic acids is 1. The van der Waals surface area contributed by atoms with Gasteiger partial charge in [-0.3, -0.25) is 19.5 Å². The number of aryl methyl sites for hydroxylation is 1. The molecule has 3 atom stereocenters. The van der Waals surface area contributed by atoms with Crippen LogP contribution in [-0.4, -0.2) is 44.9 Å². The summed E-state index contributed by atoms with van der Waals surface area (Å²) < 4.78 is 12.3. The predicted octanol–water partition coefficient (Wildman–Crippen LogP) is 8.63. The number of benzene rings is 5. The van der Waals surface area contributed by atoms with Gasteiger partial charge in [0.05, 0.1) is 39.1 Å². The van der Waals surface area contributed by atoms with Crippen molar-refractivity contribution < 1.29 is 29.0 Å². The van der Waals surface area contributed by atoms with Gasteiger partial charge in [-0.05, 0) is 107 Å². The number of pyridine rings is 1. The zero-order valence-electron chi connectivity index (χ0n) is 32.9. The van der Waals surface area contributed by atoms with E-state index in [-0.39, 0.29) is 25.4 Å². The molecule has 0 bridgehead atoms. The minimum Gasteiger partial charge on any atom is -0.489 e. The number of rotatable bonds is 12. The highest BCUT2D eigenvalue weighted by Gasteiger charge is 2.37. The number of anilines is 1. The van der Waals surface area contributed by atoms with Crippen LogP contribution in [0.4, 0.5) is 5.69 Å². The summed E-state index contributed by atoms with van der Waals surface area (Å²) in [4.78, 5) is 46.9. The minimum atomic E-state index is -1.19. The third-order valence-electron chi connectivity index (χ3n) is 10.8. The van der Waals surface area contributed by atoms with Crippen molar-refractivity contribution >= 4 is 46.7 Å². The highest BCUT2D eigenvalue weighted by molar-refractivity contribution is 6.42. The summed E-state index contributed by atoms with van der Waals surface area (Å²) in [6.45, 7) is 2.87. The molecular formula is C48H39Cl2N5O6. The number of hydrogen-bond donors (Lipinski definition) is 3. The first-order chi connectivity index (χ1) is 29.5. The number of halogens is 2. The molecule has 2 aliphatic rings. The van der Waals surface area contributed by atoms with Crippen molar-refractivity contribution in [1.29, 1.82) is 5.26 Å². The van der Waals surface area contributed by atoms with Gasteiger partial charge in [0, 0.05) is 30.8 Å². The zero-order chi connectivity index (χ0) is 42.6. The zero-order valence-corrected chi connectivity index (χ0v) is 34.4. The standard InChI is InChI=1S/C48H39Cl2N5O6/c1-28-3-2-4-37(52-28)26-55-25-36-23-44-41(53-47(57)45(61-44)34-14-16-38(17-15-34)60-27-31-9-18-39(49)40(50)19-31)21-35(36)22-43(55)46(56)54-42(48(58)59)20-29-5-10-32(11-6-29)33-12-7-30(24-51)8-13-33/h2-19,21,23,42-43,45H,20,22,25-27H2,1H3,(H,53,57)(H,54,56)(H,58,59). The van der Waals surface area contributed by atoms with E-state index in [0.717, 1.165) is 44.8 Å². The second kappa shape index (κ2) is 17.9. The molecule has 3 N–H and O–H groups in total. The molecule has 11 nitrogen and oxygen atoms in total. The van der Waals surface area contributed by atoms with Gasteiger partial charge in [0.15, 0.2) is 0 Å². The summed E-state index contributed by atoms with van der Waals surface area (Å²) in [5.74, 6) is -0.824. The summed E-state index contributed by atoms with van der Waals surface area (Å²) in [5.41, 5.74) is 8.49. The van der Waals surface area contributed by atoms with Gasteiger partial charge in [-0.2, -0.15) is 5.26 Å². The molecule has 13 heteroatoms. The Bertz CT molecular complexity index is 2670. The van der Waals surface area contributed by atoms with Gasteiger partial charge in [0.2, 0.25) is 12.0 Å². The van der Waals surface area contributed by atoms with Crippen LogP contribution in [0.5, 0.6) is 11.5 Å². The normalized spacial score (nSPS) is 16.2. The van der Waals surface area contributed by atoms with Gasteiger partial charge in [0.1, 0.15) is 24.1 Å². The molecule has 0 aliphatic carbocycles. The predicted molar refractivity (Wildman–Crippen MR) is 231 cm³/mol. The Morgan fingerprint density at radius 1 is 0.934 bits per heavy atom. The van der Waals surface area contributed by atoms with Crippen LogP contribution in [0.2, 0.25) is 10.0 Å². The van der Waals surface area contributed by atoms with Crippen LogP contribution in [0.15, 0.2) is 121 Å². The lowest BCUT2D eigenvalue weighted by Gasteiger charge is -2.37. The molecule has 8 rings (SSSR count). The minimum absolute atomic E-state index is 0.0734. The van der Waals surface area contributed by atoms with E-state index >= 15 is 0 Å². The molecule has 61 heavy (non-hydrogen) atoms. The Balaban J connectivity index is 0.982. The molecule has 2 aliphatic heterocycles. The van der Waals surface area contributed by atoms with Crippen molar-refractivity contribution in [3.05, 3.63) is 176 Å². The summed E-state index contributed by atoms with van der Waals surface area (Å²) in [6, 6.07) is 36.8. The van der Waals surface area contributed by atoms with Gasteiger partial charge in [-0.15, -0.1) is 0 Å². The largest absolute Gasteiger partial charge is 0.489 e. The molecule has 306 valence electrons. The van der Waals surface area contributed by atoms with E-state index in [4.69, 9.17) is 37.9 Å². The maximum absolute atomic E-state index is 14.2. The molecule has 2 amide bonds. The number of fused-ring (bicyclic) bond motifs is 2. The Kier molecular flexibility index (Phi) is 12.0. The average Bonchev–Trinajstić information content (AvgIpc) is 3.26. The number of aromatic nitrogens is 1. The SMILES string of the molecule is Cc1cccc(CN2Cc3cc4c(cc3CC2C(=O)NC(Cc2ccc(-c3ccc(C#N)cc3)cc2)C(=O)O)NC(=O)C(c2ccc(OCc3ccc(Cl)c(Cl)c3)cc2)O4)n1. The first kappa shape index (κ1) is 41.0. The van der Waals surface area contributed by atoms with Crippen LogP contribution in [0.3, 0.4) is 0 Å². The Morgan fingerprint density at radius 2 is 1.66 bits per heavy atom. The molecule has 6 aromatic rings. The van der Waals surface area contributed by atoms with Crippen molar-refractivity contribution in [2.24, 2.45) is 0 Å². The van der Waals surface area contributed by atoms with E-state index in [1.165, 1.54) is 0 Å². The van der Waals surface area contributed by atoms with Crippen molar-refractivity contribution in [3.8, 4) is 28.7 Å². The summed E-state index contributed by atoms with van der Waals surface area (Å²) >= 11 is 12.2. The quantitative estimate of drug-likeness (QED) is 0.110. The lowest BCUT2D eigenvalue weighted by atomic mass is 9.91. The van der Waals surface area contributed by atoms with Crippen LogP contribution in [0, 0.1) is 18.3 Å². The fourth-order valence-corrected chi connectivity index (χ4v) is 7.91. The summed E-state index contributed by atoms with van der Waals surface area (Å²) in [6.07, 6.45) is -0.580. The van der Waals surface area contributed by atoms with Crippen molar-refractivity contribution in [2.45, 2.75) is 57.6 Å².